The third kappa shape index (κ3) is 2.73. The number of nitro benzene ring substituents is 1. The Morgan fingerprint density at radius 1 is 1.43 bits per heavy atom. The fourth-order valence-electron chi connectivity index (χ4n) is 3.42. The highest BCUT2D eigenvalue weighted by Crippen LogP contribution is 2.38. The number of nitrogens with zero attached hydrogens (tertiary/aromatic N) is 1. The third-order valence-electron chi connectivity index (χ3n) is 4.44. The molecule has 7 heteroatoms. The molecule has 1 saturated carbocycles. The van der Waals surface area contributed by atoms with Gasteiger partial charge in [-0.15, -0.1) is 0 Å². The number of anilines is 1. The van der Waals surface area contributed by atoms with Crippen LogP contribution in [0.2, 0.25) is 5.02 Å². The number of nitro groups is 1. The van der Waals surface area contributed by atoms with Gasteiger partial charge in [0.25, 0.3) is 5.69 Å². The topological polar surface area (TPSA) is 84.3 Å². The summed E-state index contributed by atoms with van der Waals surface area (Å²) in [4.78, 5) is 22.7. The number of hydrogen-bond acceptors (Lipinski definition) is 4. The van der Waals surface area contributed by atoms with Crippen molar-refractivity contribution in [1.82, 2.24) is 5.32 Å². The first-order valence-electron chi connectivity index (χ1n) is 7.04. The number of hydrogen-bond donors (Lipinski definition) is 2. The number of benzene rings is 1. The van der Waals surface area contributed by atoms with Gasteiger partial charge < -0.3 is 10.6 Å². The van der Waals surface area contributed by atoms with Gasteiger partial charge in [-0.25, -0.2) is 0 Å². The standard InChI is InChI=1S/C14H16ClN3O3/c15-11-5-4-9(6-12(11)18(20)21)17-14(19)13-10-3-1-2-8(10)7-16-13/h4-6,8,10,13,16H,1-3,7H2,(H,17,19). The molecule has 1 aromatic carbocycles. The number of amides is 1. The number of rotatable bonds is 3. The van der Waals surface area contributed by atoms with E-state index in [2.05, 4.69) is 10.6 Å². The lowest BCUT2D eigenvalue weighted by Crippen LogP contribution is -2.39. The Morgan fingerprint density at radius 2 is 2.24 bits per heavy atom. The van der Waals surface area contributed by atoms with E-state index in [4.69, 9.17) is 11.6 Å². The second-order valence-corrected chi connectivity index (χ2v) is 6.06. The molecule has 3 unspecified atom stereocenters. The van der Waals surface area contributed by atoms with Gasteiger partial charge in [0, 0.05) is 11.8 Å². The van der Waals surface area contributed by atoms with Crippen molar-refractivity contribution in [2.24, 2.45) is 11.8 Å². The Morgan fingerprint density at radius 3 is 3.00 bits per heavy atom. The normalized spacial score (nSPS) is 27.4. The van der Waals surface area contributed by atoms with Gasteiger partial charge in [-0.2, -0.15) is 0 Å². The van der Waals surface area contributed by atoms with Crippen LogP contribution in [0.3, 0.4) is 0 Å². The van der Waals surface area contributed by atoms with Gasteiger partial charge in [0.15, 0.2) is 0 Å². The molecule has 0 bridgehead atoms. The SMILES string of the molecule is O=C(Nc1ccc(Cl)c([N+](=O)[O-])c1)C1NCC2CCCC21. The first-order valence-corrected chi connectivity index (χ1v) is 7.42. The summed E-state index contributed by atoms with van der Waals surface area (Å²) in [6, 6.07) is 4.10. The average molecular weight is 310 g/mol. The highest BCUT2D eigenvalue weighted by atomic mass is 35.5. The maximum absolute atomic E-state index is 12.3. The number of fused-ring (bicyclic) bond motifs is 1. The summed E-state index contributed by atoms with van der Waals surface area (Å²) in [7, 11) is 0. The summed E-state index contributed by atoms with van der Waals surface area (Å²) in [5, 5.41) is 16.9. The monoisotopic (exact) mass is 309 g/mol. The molecule has 112 valence electrons. The lowest BCUT2D eigenvalue weighted by atomic mass is 9.93. The van der Waals surface area contributed by atoms with Crippen LogP contribution in [0.15, 0.2) is 18.2 Å². The fourth-order valence-corrected chi connectivity index (χ4v) is 3.61. The summed E-state index contributed by atoms with van der Waals surface area (Å²) in [5.41, 5.74) is 0.201. The minimum Gasteiger partial charge on any atom is -0.324 e. The van der Waals surface area contributed by atoms with Crippen LogP contribution in [0.4, 0.5) is 11.4 Å². The number of nitrogens with one attached hydrogen (secondary N) is 2. The maximum Gasteiger partial charge on any atom is 0.289 e. The van der Waals surface area contributed by atoms with Crippen LogP contribution in [0, 0.1) is 22.0 Å². The summed E-state index contributed by atoms with van der Waals surface area (Å²) in [6.07, 6.45) is 3.41. The van der Waals surface area contributed by atoms with Crippen LogP contribution in [0.1, 0.15) is 19.3 Å². The zero-order chi connectivity index (χ0) is 15.0. The fraction of sp³-hybridized carbons (Fsp3) is 0.500. The van der Waals surface area contributed by atoms with E-state index < -0.39 is 4.92 Å². The van der Waals surface area contributed by atoms with E-state index in [-0.39, 0.29) is 22.7 Å². The van der Waals surface area contributed by atoms with Crippen molar-refractivity contribution in [2.45, 2.75) is 25.3 Å². The van der Waals surface area contributed by atoms with Gasteiger partial charge in [-0.05, 0) is 43.4 Å². The molecule has 6 nitrogen and oxygen atoms in total. The van der Waals surface area contributed by atoms with Crippen LogP contribution in [0.5, 0.6) is 0 Å². The van der Waals surface area contributed by atoms with Gasteiger partial charge in [0.2, 0.25) is 5.91 Å². The molecule has 0 radical (unpaired) electrons. The Labute approximate surface area is 127 Å². The molecule has 0 spiro atoms. The van der Waals surface area contributed by atoms with E-state index in [0.717, 1.165) is 13.0 Å². The molecule has 3 atom stereocenters. The molecule has 2 N–H and O–H groups in total. The highest BCUT2D eigenvalue weighted by molar-refractivity contribution is 6.32. The highest BCUT2D eigenvalue weighted by Gasteiger charge is 2.42. The molecule has 1 saturated heterocycles. The van der Waals surface area contributed by atoms with Crippen LogP contribution >= 0.6 is 11.6 Å². The summed E-state index contributed by atoms with van der Waals surface area (Å²) in [5.74, 6) is 0.841. The Bertz CT molecular complexity index is 593. The lowest BCUT2D eigenvalue weighted by Gasteiger charge is -2.17. The molecule has 1 amide bonds. The molecule has 1 aromatic rings. The van der Waals surface area contributed by atoms with Gasteiger partial charge >= 0.3 is 0 Å². The number of carbonyl (C=O) groups excluding carboxylic acids is 1. The summed E-state index contributed by atoms with van der Waals surface area (Å²) < 4.78 is 0. The van der Waals surface area contributed by atoms with E-state index in [1.807, 2.05) is 0 Å². The second kappa shape index (κ2) is 5.61. The van der Waals surface area contributed by atoms with Crippen molar-refractivity contribution in [3.05, 3.63) is 33.3 Å². The molecule has 1 aliphatic carbocycles. The van der Waals surface area contributed by atoms with Gasteiger partial charge in [-0.1, -0.05) is 18.0 Å². The summed E-state index contributed by atoms with van der Waals surface area (Å²) >= 11 is 5.76. The van der Waals surface area contributed by atoms with Crippen molar-refractivity contribution in [2.75, 3.05) is 11.9 Å². The Balaban J connectivity index is 1.73. The summed E-state index contributed by atoms with van der Waals surface area (Å²) in [6.45, 7) is 0.878. The number of carbonyl (C=O) groups is 1. The van der Waals surface area contributed by atoms with E-state index in [1.54, 1.807) is 6.07 Å². The van der Waals surface area contributed by atoms with Crippen molar-refractivity contribution >= 4 is 28.9 Å². The maximum atomic E-state index is 12.3. The minimum absolute atomic E-state index is 0.0628. The average Bonchev–Trinajstić information content (AvgIpc) is 3.02. The molecule has 3 rings (SSSR count). The van der Waals surface area contributed by atoms with Crippen LogP contribution in [-0.4, -0.2) is 23.4 Å². The molecule has 0 aromatic heterocycles. The lowest BCUT2D eigenvalue weighted by molar-refractivity contribution is -0.384. The first kappa shape index (κ1) is 14.3. The van der Waals surface area contributed by atoms with Crippen molar-refractivity contribution in [1.29, 1.82) is 0 Å². The third-order valence-corrected chi connectivity index (χ3v) is 4.76. The quantitative estimate of drug-likeness (QED) is 0.664. The van der Waals surface area contributed by atoms with E-state index in [1.165, 1.54) is 25.0 Å². The zero-order valence-corrected chi connectivity index (χ0v) is 12.1. The second-order valence-electron chi connectivity index (χ2n) is 5.65. The van der Waals surface area contributed by atoms with Crippen molar-refractivity contribution in [3.8, 4) is 0 Å². The molecular weight excluding hydrogens is 294 g/mol. The predicted molar refractivity (Wildman–Crippen MR) is 79.4 cm³/mol. The molecule has 1 aliphatic heterocycles. The van der Waals surface area contributed by atoms with Crippen molar-refractivity contribution in [3.63, 3.8) is 0 Å². The largest absolute Gasteiger partial charge is 0.324 e. The van der Waals surface area contributed by atoms with Gasteiger partial charge in [-0.3, -0.25) is 14.9 Å². The van der Waals surface area contributed by atoms with Crippen LogP contribution in [-0.2, 0) is 4.79 Å². The molecule has 2 fully saturated rings. The Kier molecular flexibility index (Phi) is 3.82. The zero-order valence-electron chi connectivity index (χ0n) is 11.3. The van der Waals surface area contributed by atoms with E-state index >= 15 is 0 Å². The van der Waals surface area contributed by atoms with Crippen molar-refractivity contribution < 1.29 is 9.72 Å². The van der Waals surface area contributed by atoms with Crippen LogP contribution < -0.4 is 10.6 Å². The molecule has 1 heterocycles. The Hall–Kier alpha value is -1.66. The molecular formula is C14H16ClN3O3. The molecule has 21 heavy (non-hydrogen) atoms. The number of halogens is 1. The minimum atomic E-state index is -0.557. The van der Waals surface area contributed by atoms with E-state index in [9.17, 15) is 14.9 Å². The molecule has 2 aliphatic rings. The van der Waals surface area contributed by atoms with Gasteiger partial charge in [0.05, 0.1) is 11.0 Å². The van der Waals surface area contributed by atoms with Crippen LogP contribution in [0.25, 0.3) is 0 Å². The van der Waals surface area contributed by atoms with E-state index in [0.29, 0.717) is 17.5 Å². The smallest absolute Gasteiger partial charge is 0.289 e. The first-order chi connectivity index (χ1) is 10.1. The predicted octanol–water partition coefficient (Wildman–Crippen LogP) is 2.57. The van der Waals surface area contributed by atoms with Gasteiger partial charge in [0.1, 0.15) is 5.02 Å².